The van der Waals surface area contributed by atoms with Gasteiger partial charge in [0.15, 0.2) is 0 Å². The van der Waals surface area contributed by atoms with E-state index in [1.54, 1.807) is 6.92 Å². The van der Waals surface area contributed by atoms with Crippen molar-refractivity contribution < 1.29 is 19.1 Å². The lowest BCUT2D eigenvalue weighted by Gasteiger charge is -2.32. The van der Waals surface area contributed by atoms with Gasteiger partial charge in [0.2, 0.25) is 17.7 Å². The third kappa shape index (κ3) is 3.81. The number of carbonyl (C=O) groups is 3. The lowest BCUT2D eigenvalue weighted by molar-refractivity contribution is -0.154. The number of nitrogens with one attached hydrogen (secondary N) is 1. The zero-order chi connectivity index (χ0) is 13.2. The number of carbonyl (C=O) groups excluding carboxylic acids is 3. The minimum absolute atomic E-state index is 0.0980. The number of amides is 3. The summed E-state index contributed by atoms with van der Waals surface area (Å²) in [6.07, 6.45) is 0. The average Bonchev–Trinajstić information content (AvgIpc) is 2.19. The number of hydrogen-bond acceptors (Lipinski definition) is 4. The van der Waals surface area contributed by atoms with Gasteiger partial charge in [-0.15, -0.1) is 0 Å². The Morgan fingerprint density at radius 2 is 2.06 bits per heavy atom. The molecule has 6 heteroatoms. The number of imide groups is 1. The van der Waals surface area contributed by atoms with E-state index in [9.17, 15) is 14.4 Å². The summed E-state index contributed by atoms with van der Waals surface area (Å²) in [5.74, 6) is -1.27. The molecule has 0 aromatic rings. The molecule has 96 valence electrons. The molecule has 0 aromatic carbocycles. The van der Waals surface area contributed by atoms with Gasteiger partial charge in [-0.1, -0.05) is 0 Å². The van der Waals surface area contributed by atoms with Crippen LogP contribution in [0.15, 0.2) is 0 Å². The highest BCUT2D eigenvalue weighted by atomic mass is 16.5. The minimum atomic E-state index is -0.635. The summed E-state index contributed by atoms with van der Waals surface area (Å²) in [6.45, 7) is 6.84. The minimum Gasteiger partial charge on any atom is -0.366 e. The number of piperazine rings is 1. The molecule has 0 aromatic heterocycles. The Morgan fingerprint density at radius 1 is 1.47 bits per heavy atom. The van der Waals surface area contributed by atoms with Crippen LogP contribution in [0.4, 0.5) is 0 Å². The van der Waals surface area contributed by atoms with Crippen molar-refractivity contribution in [2.75, 3.05) is 13.2 Å². The van der Waals surface area contributed by atoms with Crippen LogP contribution in [0.5, 0.6) is 0 Å². The normalized spacial score (nSPS) is 21.4. The molecule has 0 spiro atoms. The quantitative estimate of drug-likeness (QED) is 0.673. The van der Waals surface area contributed by atoms with E-state index in [0.717, 1.165) is 0 Å². The second kappa shape index (κ2) is 4.83. The van der Waals surface area contributed by atoms with E-state index in [0.29, 0.717) is 0 Å². The molecule has 1 aliphatic heterocycles. The number of ether oxygens (including phenoxy) is 1. The first-order chi connectivity index (χ1) is 7.70. The molecule has 1 fully saturated rings. The van der Waals surface area contributed by atoms with Crippen LogP contribution in [0, 0.1) is 0 Å². The zero-order valence-corrected chi connectivity index (χ0v) is 10.6. The second-order valence-corrected chi connectivity index (χ2v) is 5.01. The van der Waals surface area contributed by atoms with E-state index >= 15 is 0 Å². The van der Waals surface area contributed by atoms with Gasteiger partial charge in [-0.25, -0.2) is 0 Å². The summed E-state index contributed by atoms with van der Waals surface area (Å²) in [7, 11) is 0. The van der Waals surface area contributed by atoms with Crippen molar-refractivity contribution in [1.82, 2.24) is 10.2 Å². The van der Waals surface area contributed by atoms with Gasteiger partial charge in [0.05, 0.1) is 5.60 Å². The SMILES string of the molecule is CC1C(=O)NC(=O)CN1C(=O)COC(C)(C)C. The molecule has 1 unspecified atom stereocenters. The monoisotopic (exact) mass is 242 g/mol. The van der Waals surface area contributed by atoms with Crippen LogP contribution >= 0.6 is 0 Å². The van der Waals surface area contributed by atoms with Crippen molar-refractivity contribution in [2.24, 2.45) is 0 Å². The van der Waals surface area contributed by atoms with Gasteiger partial charge in [0.1, 0.15) is 19.2 Å². The highest BCUT2D eigenvalue weighted by Crippen LogP contribution is 2.09. The molecule has 0 saturated carbocycles. The van der Waals surface area contributed by atoms with Gasteiger partial charge in [-0.3, -0.25) is 19.7 Å². The van der Waals surface area contributed by atoms with Gasteiger partial charge < -0.3 is 9.64 Å². The summed E-state index contributed by atoms with van der Waals surface area (Å²) in [4.78, 5) is 35.6. The Balaban J connectivity index is 2.61. The van der Waals surface area contributed by atoms with Crippen LogP contribution in [-0.4, -0.2) is 47.4 Å². The summed E-state index contributed by atoms with van der Waals surface area (Å²) in [5, 5.41) is 2.17. The lowest BCUT2D eigenvalue weighted by atomic mass is 10.2. The maximum Gasteiger partial charge on any atom is 0.249 e. The Hall–Kier alpha value is -1.43. The summed E-state index contributed by atoms with van der Waals surface area (Å²) >= 11 is 0. The largest absolute Gasteiger partial charge is 0.366 e. The van der Waals surface area contributed by atoms with Crippen molar-refractivity contribution >= 4 is 17.7 Å². The maximum atomic E-state index is 11.8. The molecule has 1 aliphatic rings. The van der Waals surface area contributed by atoms with Crippen molar-refractivity contribution in [3.8, 4) is 0 Å². The first kappa shape index (κ1) is 13.6. The van der Waals surface area contributed by atoms with E-state index < -0.39 is 23.5 Å². The van der Waals surface area contributed by atoms with Crippen molar-refractivity contribution in [1.29, 1.82) is 0 Å². The first-order valence-corrected chi connectivity index (χ1v) is 5.48. The fourth-order valence-electron chi connectivity index (χ4n) is 1.38. The van der Waals surface area contributed by atoms with Gasteiger partial charge in [-0.05, 0) is 27.7 Å². The van der Waals surface area contributed by atoms with E-state index in [1.807, 2.05) is 20.8 Å². The van der Waals surface area contributed by atoms with Gasteiger partial charge >= 0.3 is 0 Å². The molecule has 1 heterocycles. The smallest absolute Gasteiger partial charge is 0.249 e. The predicted octanol–water partition coefficient (Wildman–Crippen LogP) is -0.325. The van der Waals surface area contributed by atoms with Gasteiger partial charge in [0, 0.05) is 0 Å². The molecular weight excluding hydrogens is 224 g/mol. The van der Waals surface area contributed by atoms with E-state index in [-0.39, 0.29) is 19.1 Å². The van der Waals surface area contributed by atoms with Crippen LogP contribution in [0.3, 0.4) is 0 Å². The molecule has 1 rings (SSSR count). The first-order valence-electron chi connectivity index (χ1n) is 5.48. The molecule has 6 nitrogen and oxygen atoms in total. The number of rotatable bonds is 2. The third-order valence-corrected chi connectivity index (χ3v) is 2.37. The fourth-order valence-corrected chi connectivity index (χ4v) is 1.38. The Kier molecular flexibility index (Phi) is 3.87. The molecular formula is C11H18N2O4. The molecule has 0 bridgehead atoms. The molecule has 3 amide bonds. The van der Waals surface area contributed by atoms with Crippen molar-refractivity contribution in [3.63, 3.8) is 0 Å². The maximum absolute atomic E-state index is 11.8. The average molecular weight is 242 g/mol. The third-order valence-electron chi connectivity index (χ3n) is 2.37. The molecule has 1 saturated heterocycles. The number of nitrogens with zero attached hydrogens (tertiary/aromatic N) is 1. The fraction of sp³-hybridized carbons (Fsp3) is 0.727. The summed E-state index contributed by atoms with van der Waals surface area (Å²) < 4.78 is 5.33. The standard InChI is InChI=1S/C11H18N2O4/c1-7-10(16)12-8(14)5-13(7)9(15)6-17-11(2,3)4/h7H,5-6H2,1-4H3,(H,12,14,16). The van der Waals surface area contributed by atoms with Crippen LogP contribution in [0.1, 0.15) is 27.7 Å². The second-order valence-electron chi connectivity index (χ2n) is 5.01. The highest BCUT2D eigenvalue weighted by Gasteiger charge is 2.33. The van der Waals surface area contributed by atoms with Crippen molar-refractivity contribution in [3.05, 3.63) is 0 Å². The molecule has 1 N–H and O–H groups in total. The Morgan fingerprint density at radius 3 is 2.59 bits per heavy atom. The lowest BCUT2D eigenvalue weighted by Crippen LogP contribution is -2.59. The van der Waals surface area contributed by atoms with Crippen LogP contribution in [-0.2, 0) is 19.1 Å². The topological polar surface area (TPSA) is 75.7 Å². The van der Waals surface area contributed by atoms with E-state index in [2.05, 4.69) is 5.32 Å². The molecule has 0 aliphatic carbocycles. The molecule has 17 heavy (non-hydrogen) atoms. The van der Waals surface area contributed by atoms with Gasteiger partial charge in [-0.2, -0.15) is 0 Å². The Bertz CT molecular complexity index is 346. The molecule has 0 radical (unpaired) electrons. The van der Waals surface area contributed by atoms with Crippen LogP contribution < -0.4 is 5.32 Å². The van der Waals surface area contributed by atoms with E-state index in [4.69, 9.17) is 4.74 Å². The predicted molar refractivity (Wildman–Crippen MR) is 60.0 cm³/mol. The Labute approximate surface area is 100 Å². The van der Waals surface area contributed by atoms with Crippen LogP contribution in [0.2, 0.25) is 0 Å². The number of hydrogen-bond donors (Lipinski definition) is 1. The highest BCUT2D eigenvalue weighted by molar-refractivity contribution is 6.04. The van der Waals surface area contributed by atoms with E-state index in [1.165, 1.54) is 4.90 Å². The summed E-state index contributed by atoms with van der Waals surface area (Å²) in [5.41, 5.74) is -0.430. The summed E-state index contributed by atoms with van der Waals surface area (Å²) in [6, 6.07) is -0.635. The van der Waals surface area contributed by atoms with Crippen LogP contribution in [0.25, 0.3) is 0 Å². The van der Waals surface area contributed by atoms with Crippen molar-refractivity contribution in [2.45, 2.75) is 39.3 Å². The van der Waals surface area contributed by atoms with Gasteiger partial charge in [0.25, 0.3) is 0 Å². The molecule has 1 atom stereocenters. The zero-order valence-electron chi connectivity index (χ0n) is 10.6.